The van der Waals surface area contributed by atoms with Crippen molar-refractivity contribution in [3.8, 4) is 5.75 Å². The van der Waals surface area contributed by atoms with Gasteiger partial charge in [0, 0.05) is 64.7 Å². The first-order valence-electron chi connectivity index (χ1n) is 10.7. The number of fused-ring (bicyclic) bond motifs is 1. The normalized spacial score (nSPS) is 19.5. The van der Waals surface area contributed by atoms with Gasteiger partial charge in [0.25, 0.3) is 7.52 Å². The smallest absolute Gasteiger partial charge is 0.287 e. The van der Waals surface area contributed by atoms with Crippen LogP contribution < -0.4 is 9.64 Å². The molecule has 0 N–H and O–H groups in total. The van der Waals surface area contributed by atoms with Gasteiger partial charge in [-0.05, 0) is 33.8 Å². The second-order valence-corrected chi connectivity index (χ2v) is 11.4. The van der Waals surface area contributed by atoms with Crippen LogP contribution in [0.25, 0.3) is 0 Å². The fourth-order valence-electron chi connectivity index (χ4n) is 4.33. The topological polar surface area (TPSA) is 45.2 Å². The predicted octanol–water partition coefficient (Wildman–Crippen LogP) is 5.22. The number of benzene rings is 1. The van der Waals surface area contributed by atoms with Crippen molar-refractivity contribution in [2.45, 2.75) is 45.4 Å². The highest BCUT2D eigenvalue weighted by atomic mass is 31.2. The van der Waals surface area contributed by atoms with E-state index in [1.54, 1.807) is 7.11 Å². The van der Waals surface area contributed by atoms with Crippen molar-refractivity contribution in [1.29, 1.82) is 0 Å². The molecule has 1 aromatic carbocycles. The molecule has 168 valence electrons. The quantitative estimate of drug-likeness (QED) is 0.425. The van der Waals surface area contributed by atoms with Crippen LogP contribution in [0.5, 0.6) is 5.75 Å². The maximum absolute atomic E-state index is 14.7. The van der Waals surface area contributed by atoms with Crippen LogP contribution in [0, 0.1) is 6.08 Å². The van der Waals surface area contributed by atoms with E-state index in [0.717, 1.165) is 22.5 Å². The van der Waals surface area contributed by atoms with Gasteiger partial charge in [0.05, 0.1) is 6.08 Å². The van der Waals surface area contributed by atoms with Crippen molar-refractivity contribution >= 4 is 13.2 Å². The summed E-state index contributed by atoms with van der Waals surface area (Å²) < 4.78 is 29.0. The molecular weight excluding hydrogens is 409 g/mol. The highest BCUT2D eigenvalue weighted by molar-refractivity contribution is 7.57. The lowest BCUT2D eigenvalue weighted by atomic mass is 9.96. The molecule has 31 heavy (non-hydrogen) atoms. The number of ether oxygens (including phenoxy) is 1. The highest BCUT2D eigenvalue weighted by Crippen LogP contribution is 2.69. The van der Waals surface area contributed by atoms with Crippen LogP contribution in [-0.4, -0.2) is 57.0 Å². The molecule has 0 spiro atoms. The second kappa shape index (κ2) is 8.80. The molecular formula is C24H35N3O3P+. The summed E-state index contributed by atoms with van der Waals surface area (Å²) in [6.45, 7) is 8.23. The largest absolute Gasteiger partial charge is 0.396 e. The molecule has 0 bridgehead atoms. The Labute approximate surface area is 187 Å². The Morgan fingerprint density at radius 1 is 1.06 bits per heavy atom. The summed E-state index contributed by atoms with van der Waals surface area (Å²) in [4.78, 5) is 4.03. The predicted molar refractivity (Wildman–Crippen MR) is 127 cm³/mol. The summed E-state index contributed by atoms with van der Waals surface area (Å²) in [5, 5.41) is 0. The Morgan fingerprint density at radius 2 is 1.71 bits per heavy atom. The maximum Gasteiger partial charge on any atom is 0.287 e. The van der Waals surface area contributed by atoms with Crippen LogP contribution in [0.2, 0.25) is 0 Å². The lowest BCUT2D eigenvalue weighted by Crippen LogP contribution is -2.37. The van der Waals surface area contributed by atoms with E-state index >= 15 is 0 Å². The first-order valence-corrected chi connectivity index (χ1v) is 12.3. The van der Waals surface area contributed by atoms with Gasteiger partial charge in [-0.3, -0.25) is 4.57 Å². The summed E-state index contributed by atoms with van der Waals surface area (Å²) in [6, 6.07) is 6.13. The number of allylic oxidation sites excluding steroid dienone is 4. The van der Waals surface area contributed by atoms with Crippen molar-refractivity contribution in [3.63, 3.8) is 0 Å². The molecule has 0 radical (unpaired) electrons. The van der Waals surface area contributed by atoms with Gasteiger partial charge in [-0.1, -0.05) is 6.07 Å². The van der Waals surface area contributed by atoms with Gasteiger partial charge in [0.15, 0.2) is 17.0 Å². The van der Waals surface area contributed by atoms with E-state index in [0.29, 0.717) is 11.5 Å². The number of hydrogen-bond acceptors (Lipinski definition) is 5. The van der Waals surface area contributed by atoms with Gasteiger partial charge in [0.1, 0.15) is 17.8 Å². The van der Waals surface area contributed by atoms with Crippen LogP contribution in [0.3, 0.4) is 0 Å². The molecule has 0 saturated heterocycles. The van der Waals surface area contributed by atoms with E-state index in [9.17, 15) is 4.57 Å². The first kappa shape index (κ1) is 23.6. The van der Waals surface area contributed by atoms with E-state index in [1.165, 1.54) is 0 Å². The van der Waals surface area contributed by atoms with Gasteiger partial charge in [-0.2, -0.15) is 0 Å². The van der Waals surface area contributed by atoms with Crippen molar-refractivity contribution in [1.82, 2.24) is 9.57 Å². The number of hydrogen-bond donors (Lipinski definition) is 0. The van der Waals surface area contributed by atoms with Crippen LogP contribution in [0.4, 0.5) is 5.69 Å². The summed E-state index contributed by atoms with van der Waals surface area (Å²) in [7, 11) is 6.15. The molecule has 2 aliphatic rings. The molecule has 0 amide bonds. The average molecular weight is 445 g/mol. The Kier molecular flexibility index (Phi) is 6.69. The minimum absolute atomic E-state index is 0.0441. The van der Waals surface area contributed by atoms with Crippen LogP contribution in [0.15, 0.2) is 47.4 Å². The molecule has 1 aliphatic carbocycles. The fourth-order valence-corrected chi connectivity index (χ4v) is 7.38. The summed E-state index contributed by atoms with van der Waals surface area (Å²) in [5.41, 5.74) is 3.14. The van der Waals surface area contributed by atoms with Crippen LogP contribution in [-0.2, 0) is 9.09 Å². The Bertz CT molecular complexity index is 968. The number of anilines is 1. The first-order chi connectivity index (χ1) is 14.5. The molecule has 0 fully saturated rings. The van der Waals surface area contributed by atoms with Gasteiger partial charge < -0.3 is 19.1 Å². The monoisotopic (exact) mass is 444 g/mol. The third-order valence-electron chi connectivity index (χ3n) is 5.71. The SMILES string of the molecule is COP(=O)(C1C2=C(C=C(N(C)C)C=[C+]2)Oc2cc(N(C)C)ccc21)N(C(C)C)C(C)C. The zero-order valence-corrected chi connectivity index (χ0v) is 21.0. The Hall–Kier alpha value is -2.10. The van der Waals surface area contributed by atoms with Gasteiger partial charge in [0.2, 0.25) is 5.76 Å². The highest BCUT2D eigenvalue weighted by Gasteiger charge is 2.52. The van der Waals surface area contributed by atoms with Crippen molar-refractivity contribution in [2.24, 2.45) is 0 Å². The molecule has 1 heterocycles. The number of rotatable bonds is 7. The third kappa shape index (κ3) is 4.18. The fraction of sp³-hybridized carbons (Fsp3) is 0.500. The molecule has 2 atom stereocenters. The van der Waals surface area contributed by atoms with E-state index in [4.69, 9.17) is 9.26 Å². The maximum atomic E-state index is 14.7. The van der Waals surface area contributed by atoms with Crippen molar-refractivity contribution < 1.29 is 13.8 Å². The molecule has 3 rings (SSSR count). The van der Waals surface area contributed by atoms with E-state index < -0.39 is 13.2 Å². The van der Waals surface area contributed by atoms with Gasteiger partial charge in [-0.25, -0.2) is 4.67 Å². The van der Waals surface area contributed by atoms with E-state index in [1.807, 2.05) is 73.0 Å². The van der Waals surface area contributed by atoms with E-state index in [-0.39, 0.29) is 12.1 Å². The lowest BCUT2D eigenvalue weighted by Gasteiger charge is -2.41. The minimum atomic E-state index is -3.35. The second-order valence-electron chi connectivity index (χ2n) is 8.97. The zero-order chi connectivity index (χ0) is 23.1. The van der Waals surface area contributed by atoms with Crippen molar-refractivity contribution in [3.05, 3.63) is 59.0 Å². The van der Waals surface area contributed by atoms with Gasteiger partial charge in [-0.15, -0.1) is 0 Å². The average Bonchev–Trinajstić information content (AvgIpc) is 2.70. The third-order valence-corrected chi connectivity index (χ3v) is 8.99. The lowest BCUT2D eigenvalue weighted by molar-refractivity contribution is 0.236. The summed E-state index contributed by atoms with van der Waals surface area (Å²) in [6.07, 6.45) is 7.29. The molecule has 7 heteroatoms. The zero-order valence-electron chi connectivity index (χ0n) is 20.1. The molecule has 2 unspecified atom stereocenters. The van der Waals surface area contributed by atoms with Crippen molar-refractivity contribution in [2.75, 3.05) is 40.2 Å². The summed E-state index contributed by atoms with van der Waals surface area (Å²) >= 11 is 0. The number of likely N-dealkylation sites (N-methyl/N-ethyl adjacent to an activating group) is 1. The van der Waals surface area contributed by atoms with Crippen LogP contribution >= 0.6 is 7.52 Å². The molecule has 1 aromatic rings. The summed E-state index contributed by atoms with van der Waals surface area (Å²) in [5.74, 6) is 1.38. The molecule has 0 saturated carbocycles. The van der Waals surface area contributed by atoms with Crippen LogP contribution in [0.1, 0.15) is 38.9 Å². The number of nitrogens with zero attached hydrogens (tertiary/aromatic N) is 3. The molecule has 1 aliphatic heterocycles. The molecule has 6 nitrogen and oxygen atoms in total. The van der Waals surface area contributed by atoms with Gasteiger partial charge >= 0.3 is 0 Å². The van der Waals surface area contributed by atoms with E-state index in [2.05, 4.69) is 33.8 Å². The Morgan fingerprint density at radius 3 is 2.23 bits per heavy atom. The Balaban J connectivity index is 2.28. The minimum Gasteiger partial charge on any atom is -0.396 e. The standard InChI is InChI=1S/C24H35N3O3P/c1-16(2)27(17(3)4)31(28,29-9)24-20-12-10-18(25(5)6)14-22(20)30-23-15-19(26(7)8)11-13-21(23)24/h10-12,14-17,24H,1-9H3/q+1. The molecule has 0 aromatic heterocycles.